The minimum atomic E-state index is -0.420. The van der Waals surface area contributed by atoms with Crippen LogP contribution in [0.15, 0.2) is 18.2 Å². The van der Waals surface area contributed by atoms with E-state index in [1.165, 1.54) is 18.2 Å². The molecule has 0 radical (unpaired) electrons. The first-order chi connectivity index (χ1) is 9.02. The zero-order chi connectivity index (χ0) is 14.3. The SMILES string of the molecule is CNC(C)CNC(=O)CCOc1ccc(F)cc1Cl. The number of ether oxygens (including phenoxy) is 1. The first kappa shape index (κ1) is 15.7. The average Bonchev–Trinajstić information content (AvgIpc) is 2.38. The summed E-state index contributed by atoms with van der Waals surface area (Å²) in [5.74, 6) is -0.143. The van der Waals surface area contributed by atoms with Crippen LogP contribution in [-0.2, 0) is 4.79 Å². The highest BCUT2D eigenvalue weighted by Crippen LogP contribution is 2.24. The molecule has 0 aromatic heterocycles. The lowest BCUT2D eigenvalue weighted by molar-refractivity contribution is -0.121. The topological polar surface area (TPSA) is 50.4 Å². The van der Waals surface area contributed by atoms with E-state index in [0.29, 0.717) is 12.3 Å². The van der Waals surface area contributed by atoms with E-state index in [0.717, 1.165) is 0 Å². The summed E-state index contributed by atoms with van der Waals surface area (Å²) in [4.78, 5) is 11.5. The molecule has 0 spiro atoms. The van der Waals surface area contributed by atoms with Crippen LogP contribution < -0.4 is 15.4 Å². The first-order valence-electron chi connectivity index (χ1n) is 6.04. The molecule has 4 nitrogen and oxygen atoms in total. The molecule has 1 aromatic rings. The van der Waals surface area contributed by atoms with Gasteiger partial charge in [-0.1, -0.05) is 11.6 Å². The van der Waals surface area contributed by atoms with E-state index in [1.807, 2.05) is 14.0 Å². The number of hydrogen-bond donors (Lipinski definition) is 2. The smallest absolute Gasteiger partial charge is 0.223 e. The van der Waals surface area contributed by atoms with E-state index in [4.69, 9.17) is 16.3 Å². The van der Waals surface area contributed by atoms with Crippen molar-refractivity contribution in [3.8, 4) is 5.75 Å². The Labute approximate surface area is 117 Å². The number of carbonyl (C=O) groups excluding carboxylic acids is 1. The fourth-order valence-electron chi connectivity index (χ4n) is 1.30. The van der Waals surface area contributed by atoms with Gasteiger partial charge >= 0.3 is 0 Å². The van der Waals surface area contributed by atoms with Crippen LogP contribution in [-0.4, -0.2) is 32.1 Å². The Balaban J connectivity index is 2.28. The fourth-order valence-corrected chi connectivity index (χ4v) is 1.53. The highest BCUT2D eigenvalue weighted by molar-refractivity contribution is 6.32. The van der Waals surface area contributed by atoms with Gasteiger partial charge in [-0.25, -0.2) is 4.39 Å². The lowest BCUT2D eigenvalue weighted by atomic mass is 10.3. The van der Waals surface area contributed by atoms with E-state index < -0.39 is 5.82 Å². The Morgan fingerprint density at radius 2 is 2.26 bits per heavy atom. The molecule has 1 rings (SSSR count). The summed E-state index contributed by atoms with van der Waals surface area (Å²) in [7, 11) is 1.83. The Bertz CT molecular complexity index is 429. The molecule has 0 aliphatic carbocycles. The van der Waals surface area contributed by atoms with Crippen LogP contribution >= 0.6 is 11.6 Å². The summed E-state index contributed by atoms with van der Waals surface area (Å²) in [5, 5.41) is 5.98. The summed E-state index contributed by atoms with van der Waals surface area (Å²) in [6.07, 6.45) is 0.226. The number of carbonyl (C=O) groups is 1. The summed E-state index contributed by atoms with van der Waals surface area (Å²) >= 11 is 5.79. The fraction of sp³-hybridized carbons (Fsp3) is 0.462. The van der Waals surface area contributed by atoms with E-state index in [1.54, 1.807) is 0 Å². The van der Waals surface area contributed by atoms with Gasteiger partial charge in [0.25, 0.3) is 0 Å². The van der Waals surface area contributed by atoms with Crippen molar-refractivity contribution >= 4 is 17.5 Å². The predicted octanol–water partition coefficient (Wildman–Crippen LogP) is 1.97. The molecule has 0 aliphatic heterocycles. The summed E-state index contributed by atoms with van der Waals surface area (Å²) in [6.45, 7) is 2.73. The van der Waals surface area contributed by atoms with Gasteiger partial charge in [0, 0.05) is 12.6 Å². The monoisotopic (exact) mass is 288 g/mol. The molecule has 1 atom stereocenters. The van der Waals surface area contributed by atoms with Gasteiger partial charge in [-0.3, -0.25) is 4.79 Å². The predicted molar refractivity (Wildman–Crippen MR) is 73.1 cm³/mol. The molecule has 0 fully saturated rings. The van der Waals surface area contributed by atoms with Gasteiger partial charge in [0.2, 0.25) is 5.91 Å². The first-order valence-corrected chi connectivity index (χ1v) is 6.42. The minimum absolute atomic E-state index is 0.0969. The van der Waals surface area contributed by atoms with Gasteiger partial charge in [0.15, 0.2) is 0 Å². The molecule has 0 bridgehead atoms. The lowest BCUT2D eigenvalue weighted by Crippen LogP contribution is -2.37. The van der Waals surface area contributed by atoms with Gasteiger partial charge in [-0.05, 0) is 32.2 Å². The van der Waals surface area contributed by atoms with Gasteiger partial charge < -0.3 is 15.4 Å². The third kappa shape index (κ3) is 5.89. The zero-order valence-electron chi connectivity index (χ0n) is 11.0. The molecular formula is C13H18ClFN2O2. The van der Waals surface area contributed by atoms with Crippen molar-refractivity contribution in [2.75, 3.05) is 20.2 Å². The normalized spacial score (nSPS) is 12.0. The standard InChI is InChI=1S/C13H18ClFN2O2/c1-9(16-2)8-17-13(18)5-6-19-12-4-3-10(15)7-11(12)14/h3-4,7,9,16H,5-6,8H2,1-2H3,(H,17,18). The molecule has 0 heterocycles. The number of benzene rings is 1. The van der Waals surface area contributed by atoms with E-state index in [2.05, 4.69) is 10.6 Å². The number of hydrogen-bond acceptors (Lipinski definition) is 3. The molecule has 1 aromatic carbocycles. The van der Waals surface area contributed by atoms with Crippen LogP contribution in [0.25, 0.3) is 0 Å². The Morgan fingerprint density at radius 3 is 2.89 bits per heavy atom. The quantitative estimate of drug-likeness (QED) is 0.806. The Kier molecular flexibility index (Phi) is 6.59. The van der Waals surface area contributed by atoms with Gasteiger partial charge in [0.1, 0.15) is 11.6 Å². The van der Waals surface area contributed by atoms with Crippen LogP contribution in [0, 0.1) is 5.82 Å². The number of amides is 1. The number of rotatable bonds is 7. The second-order valence-corrected chi connectivity index (χ2v) is 4.57. The molecule has 106 valence electrons. The van der Waals surface area contributed by atoms with Crippen molar-refractivity contribution in [3.05, 3.63) is 29.0 Å². The van der Waals surface area contributed by atoms with E-state index >= 15 is 0 Å². The van der Waals surface area contributed by atoms with Crippen LogP contribution in [0.3, 0.4) is 0 Å². The van der Waals surface area contributed by atoms with Crippen LogP contribution in [0.1, 0.15) is 13.3 Å². The van der Waals surface area contributed by atoms with Crippen LogP contribution in [0.5, 0.6) is 5.75 Å². The summed E-state index contributed by atoms with van der Waals surface area (Å²) in [5.41, 5.74) is 0. The molecular weight excluding hydrogens is 271 g/mol. The van der Waals surface area contributed by atoms with E-state index in [-0.39, 0.29) is 30.0 Å². The summed E-state index contributed by atoms with van der Waals surface area (Å²) < 4.78 is 18.1. The second-order valence-electron chi connectivity index (χ2n) is 4.17. The summed E-state index contributed by atoms with van der Waals surface area (Å²) in [6, 6.07) is 4.09. The van der Waals surface area contributed by atoms with Gasteiger partial charge in [0.05, 0.1) is 18.1 Å². The molecule has 0 aliphatic rings. The van der Waals surface area contributed by atoms with Crippen molar-refractivity contribution in [2.24, 2.45) is 0 Å². The number of nitrogens with one attached hydrogen (secondary N) is 2. The largest absolute Gasteiger partial charge is 0.491 e. The molecule has 6 heteroatoms. The molecule has 0 saturated carbocycles. The lowest BCUT2D eigenvalue weighted by Gasteiger charge is -2.12. The molecule has 19 heavy (non-hydrogen) atoms. The maximum Gasteiger partial charge on any atom is 0.223 e. The third-order valence-corrected chi connectivity index (χ3v) is 2.87. The highest BCUT2D eigenvalue weighted by atomic mass is 35.5. The van der Waals surface area contributed by atoms with Gasteiger partial charge in [-0.2, -0.15) is 0 Å². The van der Waals surface area contributed by atoms with Crippen molar-refractivity contribution in [1.82, 2.24) is 10.6 Å². The van der Waals surface area contributed by atoms with Crippen molar-refractivity contribution in [3.63, 3.8) is 0 Å². The number of halogens is 2. The van der Waals surface area contributed by atoms with Gasteiger partial charge in [-0.15, -0.1) is 0 Å². The van der Waals surface area contributed by atoms with Crippen LogP contribution in [0.4, 0.5) is 4.39 Å². The molecule has 1 unspecified atom stereocenters. The van der Waals surface area contributed by atoms with E-state index in [9.17, 15) is 9.18 Å². The zero-order valence-corrected chi connectivity index (χ0v) is 11.8. The average molecular weight is 289 g/mol. The Hall–Kier alpha value is -1.33. The van der Waals surface area contributed by atoms with Crippen molar-refractivity contribution in [1.29, 1.82) is 0 Å². The minimum Gasteiger partial charge on any atom is -0.491 e. The Morgan fingerprint density at radius 1 is 1.53 bits per heavy atom. The van der Waals surface area contributed by atoms with Crippen molar-refractivity contribution in [2.45, 2.75) is 19.4 Å². The highest BCUT2D eigenvalue weighted by Gasteiger charge is 2.06. The maximum absolute atomic E-state index is 12.8. The van der Waals surface area contributed by atoms with Crippen molar-refractivity contribution < 1.29 is 13.9 Å². The maximum atomic E-state index is 12.8. The molecule has 2 N–H and O–H groups in total. The second kappa shape index (κ2) is 7.96. The molecule has 1 amide bonds. The third-order valence-electron chi connectivity index (χ3n) is 2.58. The van der Waals surface area contributed by atoms with Crippen LogP contribution in [0.2, 0.25) is 5.02 Å². The molecule has 0 saturated heterocycles. The number of likely N-dealkylation sites (N-methyl/N-ethyl adjacent to an activating group) is 1.